The van der Waals surface area contributed by atoms with E-state index in [1.165, 1.54) is 12.3 Å². The Morgan fingerprint density at radius 2 is 1.88 bits per heavy atom. The zero-order valence-corrected chi connectivity index (χ0v) is 15.2. The highest BCUT2D eigenvalue weighted by Gasteiger charge is 2.14. The zero-order chi connectivity index (χ0) is 18.5. The van der Waals surface area contributed by atoms with Crippen molar-refractivity contribution in [1.29, 1.82) is 0 Å². The molecular weight excluding hydrogens is 400 g/mol. The number of nitro benzene ring substituents is 1. The first-order valence-corrected chi connectivity index (χ1v) is 8.64. The Balaban J connectivity index is 1.65. The van der Waals surface area contributed by atoms with E-state index >= 15 is 0 Å². The molecule has 0 radical (unpaired) electrons. The van der Waals surface area contributed by atoms with Crippen molar-refractivity contribution in [3.63, 3.8) is 0 Å². The zero-order valence-electron chi connectivity index (χ0n) is 13.6. The van der Waals surface area contributed by atoms with Crippen LogP contribution in [0.25, 0.3) is 10.8 Å². The molecule has 0 aliphatic rings. The lowest BCUT2D eigenvalue weighted by Gasteiger charge is -2.10. The van der Waals surface area contributed by atoms with Crippen LogP contribution in [-0.2, 0) is 4.79 Å². The van der Waals surface area contributed by atoms with Gasteiger partial charge in [-0.3, -0.25) is 19.9 Å². The van der Waals surface area contributed by atoms with Gasteiger partial charge in [0.25, 0.3) is 5.69 Å². The third kappa shape index (κ3) is 4.15. The van der Waals surface area contributed by atoms with Gasteiger partial charge in [0.15, 0.2) is 0 Å². The number of nitrogens with zero attached hydrogens (tertiary/aromatic N) is 2. The summed E-state index contributed by atoms with van der Waals surface area (Å²) in [7, 11) is 0. The summed E-state index contributed by atoms with van der Waals surface area (Å²) >= 11 is 3.34. The van der Waals surface area contributed by atoms with Gasteiger partial charge in [-0.25, -0.2) is 0 Å². The van der Waals surface area contributed by atoms with Crippen molar-refractivity contribution >= 4 is 49.7 Å². The number of nitro groups is 1. The molecule has 7 nitrogen and oxygen atoms in total. The minimum atomic E-state index is -0.431. The van der Waals surface area contributed by atoms with Crippen LogP contribution >= 0.6 is 15.9 Å². The van der Waals surface area contributed by atoms with Gasteiger partial charge in [-0.2, -0.15) is 0 Å². The first-order chi connectivity index (χ1) is 12.5. The molecule has 1 heterocycles. The average molecular weight is 415 g/mol. The second kappa shape index (κ2) is 7.92. The normalized spacial score (nSPS) is 10.5. The summed E-state index contributed by atoms with van der Waals surface area (Å²) in [6.07, 6.45) is 3.32. The SMILES string of the molecule is O=C(CCNc1ccc([N+](=O)[O-])c2cnccc12)Nc1ccc(Br)cc1. The summed E-state index contributed by atoms with van der Waals surface area (Å²) in [4.78, 5) is 26.7. The number of fused-ring (bicyclic) bond motifs is 1. The molecule has 0 fully saturated rings. The van der Waals surface area contributed by atoms with Gasteiger partial charge in [-0.05, 0) is 36.4 Å². The number of hydrogen-bond acceptors (Lipinski definition) is 5. The first-order valence-electron chi connectivity index (χ1n) is 7.85. The third-order valence-corrected chi connectivity index (χ3v) is 4.32. The van der Waals surface area contributed by atoms with Crippen molar-refractivity contribution in [3.05, 3.63) is 69.4 Å². The monoisotopic (exact) mass is 414 g/mol. The summed E-state index contributed by atoms with van der Waals surface area (Å²) in [6.45, 7) is 0.400. The smallest absolute Gasteiger partial charge is 0.278 e. The number of benzene rings is 2. The Morgan fingerprint density at radius 3 is 2.62 bits per heavy atom. The molecule has 0 saturated heterocycles. The van der Waals surface area contributed by atoms with Gasteiger partial charge in [-0.15, -0.1) is 0 Å². The molecule has 3 aromatic rings. The molecule has 0 spiro atoms. The number of nitrogens with one attached hydrogen (secondary N) is 2. The van der Waals surface area contributed by atoms with E-state index in [1.807, 2.05) is 24.3 Å². The summed E-state index contributed by atoms with van der Waals surface area (Å²) in [5.74, 6) is -0.118. The van der Waals surface area contributed by atoms with Gasteiger partial charge in [0.05, 0.1) is 10.3 Å². The number of aromatic nitrogens is 1. The molecule has 8 heteroatoms. The maximum atomic E-state index is 12.0. The number of non-ortho nitro benzene ring substituents is 1. The number of halogens is 1. The number of pyridine rings is 1. The topological polar surface area (TPSA) is 97.2 Å². The van der Waals surface area contributed by atoms with Crippen molar-refractivity contribution in [2.75, 3.05) is 17.2 Å². The lowest BCUT2D eigenvalue weighted by atomic mass is 10.1. The minimum Gasteiger partial charge on any atom is -0.384 e. The van der Waals surface area contributed by atoms with Gasteiger partial charge in [0.1, 0.15) is 0 Å². The molecule has 26 heavy (non-hydrogen) atoms. The molecule has 1 aromatic heterocycles. The fourth-order valence-electron chi connectivity index (χ4n) is 2.56. The number of carbonyl (C=O) groups is 1. The van der Waals surface area contributed by atoms with Gasteiger partial charge in [0.2, 0.25) is 5.91 Å². The number of amides is 1. The van der Waals surface area contributed by atoms with Crippen LogP contribution in [0.1, 0.15) is 6.42 Å². The van der Waals surface area contributed by atoms with E-state index in [2.05, 4.69) is 31.5 Å². The predicted molar refractivity (Wildman–Crippen MR) is 104 cm³/mol. The van der Waals surface area contributed by atoms with Crippen molar-refractivity contribution < 1.29 is 9.72 Å². The van der Waals surface area contributed by atoms with Gasteiger partial charge >= 0.3 is 0 Å². The second-order valence-electron chi connectivity index (χ2n) is 5.54. The maximum Gasteiger partial charge on any atom is 0.278 e. The van der Waals surface area contributed by atoms with Crippen LogP contribution in [0.15, 0.2) is 59.3 Å². The predicted octanol–water partition coefficient (Wildman–Crippen LogP) is 4.35. The van der Waals surface area contributed by atoms with Crippen LogP contribution in [0.5, 0.6) is 0 Å². The molecule has 2 aromatic carbocycles. The van der Waals surface area contributed by atoms with E-state index in [9.17, 15) is 14.9 Å². The van der Waals surface area contributed by atoms with Crippen LogP contribution in [-0.4, -0.2) is 22.4 Å². The van der Waals surface area contributed by atoms with Crippen molar-refractivity contribution in [3.8, 4) is 0 Å². The molecule has 0 saturated carbocycles. The quantitative estimate of drug-likeness (QED) is 0.461. The summed E-state index contributed by atoms with van der Waals surface area (Å²) < 4.78 is 0.941. The van der Waals surface area contributed by atoms with E-state index in [0.29, 0.717) is 17.3 Å². The van der Waals surface area contributed by atoms with Crippen LogP contribution in [0.3, 0.4) is 0 Å². The van der Waals surface area contributed by atoms with E-state index in [0.717, 1.165) is 15.8 Å². The molecule has 0 aliphatic carbocycles. The Kier molecular flexibility index (Phi) is 5.43. The number of anilines is 2. The fraction of sp³-hybridized carbons (Fsp3) is 0.111. The average Bonchev–Trinajstić information content (AvgIpc) is 2.63. The molecule has 1 amide bonds. The van der Waals surface area contributed by atoms with Crippen LogP contribution in [0, 0.1) is 10.1 Å². The van der Waals surface area contributed by atoms with Gasteiger partial charge in [0, 0.05) is 52.7 Å². The lowest BCUT2D eigenvalue weighted by molar-refractivity contribution is -0.383. The maximum absolute atomic E-state index is 12.0. The summed E-state index contributed by atoms with van der Waals surface area (Å²) in [5, 5.41) is 18.3. The van der Waals surface area contributed by atoms with Gasteiger partial charge < -0.3 is 10.6 Å². The van der Waals surface area contributed by atoms with E-state index in [1.54, 1.807) is 18.3 Å². The molecule has 0 unspecified atom stereocenters. The van der Waals surface area contributed by atoms with Crippen molar-refractivity contribution in [2.45, 2.75) is 6.42 Å². The Labute approximate surface area is 157 Å². The standard InChI is InChI=1S/C18H15BrN4O3/c19-12-1-3-13(4-2-12)22-18(24)8-10-21-16-5-6-17(23(25)26)15-11-20-9-7-14(15)16/h1-7,9,11,21H,8,10H2,(H,22,24). The Morgan fingerprint density at radius 1 is 1.12 bits per heavy atom. The molecule has 0 atom stereocenters. The second-order valence-corrected chi connectivity index (χ2v) is 6.46. The van der Waals surface area contributed by atoms with Crippen molar-refractivity contribution in [1.82, 2.24) is 4.98 Å². The molecule has 2 N–H and O–H groups in total. The first kappa shape index (κ1) is 17.8. The highest BCUT2D eigenvalue weighted by Crippen LogP contribution is 2.30. The van der Waals surface area contributed by atoms with Gasteiger partial charge in [-0.1, -0.05) is 15.9 Å². The molecule has 3 rings (SSSR count). The lowest BCUT2D eigenvalue weighted by Crippen LogP contribution is -2.16. The largest absolute Gasteiger partial charge is 0.384 e. The summed E-state index contributed by atoms with van der Waals surface area (Å²) in [5.41, 5.74) is 1.46. The molecule has 0 bridgehead atoms. The molecule has 132 valence electrons. The minimum absolute atomic E-state index is 0.00614. The number of hydrogen-bond donors (Lipinski definition) is 2. The highest BCUT2D eigenvalue weighted by molar-refractivity contribution is 9.10. The number of rotatable bonds is 6. The third-order valence-electron chi connectivity index (χ3n) is 3.79. The highest BCUT2D eigenvalue weighted by atomic mass is 79.9. The van der Waals surface area contributed by atoms with Crippen LogP contribution in [0.2, 0.25) is 0 Å². The van der Waals surface area contributed by atoms with Crippen molar-refractivity contribution in [2.24, 2.45) is 0 Å². The number of carbonyl (C=O) groups excluding carboxylic acids is 1. The van der Waals surface area contributed by atoms with E-state index < -0.39 is 4.92 Å². The molecular formula is C18H15BrN4O3. The summed E-state index contributed by atoms with van der Waals surface area (Å²) in [6, 6.07) is 12.1. The van der Waals surface area contributed by atoms with Crippen LogP contribution < -0.4 is 10.6 Å². The van der Waals surface area contributed by atoms with E-state index in [4.69, 9.17) is 0 Å². The Hall–Kier alpha value is -3.00. The van der Waals surface area contributed by atoms with E-state index in [-0.39, 0.29) is 18.0 Å². The fourth-order valence-corrected chi connectivity index (χ4v) is 2.82. The Bertz CT molecular complexity index is 960. The van der Waals surface area contributed by atoms with Crippen LogP contribution in [0.4, 0.5) is 17.1 Å². The molecule has 0 aliphatic heterocycles.